The number of nitrogens with zero attached hydrogens (tertiary/aromatic N) is 3. The van der Waals surface area contributed by atoms with Gasteiger partial charge in [0.2, 0.25) is 0 Å². The highest BCUT2D eigenvalue weighted by molar-refractivity contribution is 5.92. The van der Waals surface area contributed by atoms with E-state index in [9.17, 15) is 9.18 Å². The maximum Gasteiger partial charge on any atom is 0.306 e. The molecule has 122 valence electrons. The van der Waals surface area contributed by atoms with Crippen molar-refractivity contribution >= 4 is 22.6 Å². The van der Waals surface area contributed by atoms with Crippen molar-refractivity contribution in [2.24, 2.45) is 0 Å². The zero-order chi connectivity index (χ0) is 16.2. The van der Waals surface area contributed by atoms with Crippen LogP contribution in [0.4, 0.5) is 10.2 Å². The van der Waals surface area contributed by atoms with Gasteiger partial charge >= 0.3 is 5.97 Å². The summed E-state index contributed by atoms with van der Waals surface area (Å²) < 4.78 is 18.2. The average molecular weight is 317 g/mol. The molecule has 0 atom stereocenters. The fraction of sp³-hybridized carbons (Fsp3) is 0.412. The van der Waals surface area contributed by atoms with Gasteiger partial charge in [-0.3, -0.25) is 9.69 Å². The van der Waals surface area contributed by atoms with Crippen molar-refractivity contribution in [1.82, 2.24) is 9.88 Å². The summed E-state index contributed by atoms with van der Waals surface area (Å²) in [7, 11) is 1.41. The van der Waals surface area contributed by atoms with E-state index < -0.39 is 0 Å². The van der Waals surface area contributed by atoms with Gasteiger partial charge in [-0.1, -0.05) is 6.07 Å². The summed E-state index contributed by atoms with van der Waals surface area (Å²) in [6, 6.07) is 6.69. The molecule has 2 heterocycles. The van der Waals surface area contributed by atoms with Crippen molar-refractivity contribution in [3.05, 3.63) is 36.3 Å². The third-order valence-electron chi connectivity index (χ3n) is 4.24. The second-order valence-electron chi connectivity index (χ2n) is 5.65. The fourth-order valence-corrected chi connectivity index (χ4v) is 2.91. The number of benzene rings is 1. The lowest BCUT2D eigenvalue weighted by Gasteiger charge is -2.35. The Morgan fingerprint density at radius 1 is 1.26 bits per heavy atom. The number of fused-ring (bicyclic) bond motifs is 1. The molecule has 0 bridgehead atoms. The van der Waals surface area contributed by atoms with Gasteiger partial charge in [0.05, 0.1) is 13.5 Å². The molecule has 0 N–H and O–H groups in total. The van der Waals surface area contributed by atoms with Crippen molar-refractivity contribution in [2.75, 3.05) is 44.7 Å². The molecule has 6 heteroatoms. The number of hydrogen-bond acceptors (Lipinski definition) is 5. The SMILES string of the molecule is COC(=O)CCN1CCN(c2nccc3ccc(F)cc23)CC1. The Morgan fingerprint density at radius 2 is 2.04 bits per heavy atom. The molecule has 5 nitrogen and oxygen atoms in total. The van der Waals surface area contributed by atoms with Crippen molar-refractivity contribution in [3.8, 4) is 0 Å². The third-order valence-corrected chi connectivity index (χ3v) is 4.24. The van der Waals surface area contributed by atoms with E-state index in [0.717, 1.165) is 42.8 Å². The molecule has 0 unspecified atom stereocenters. The molecule has 0 saturated carbocycles. The molecular formula is C17H20FN3O2. The van der Waals surface area contributed by atoms with E-state index in [1.54, 1.807) is 18.3 Å². The highest BCUT2D eigenvalue weighted by Crippen LogP contribution is 2.26. The summed E-state index contributed by atoms with van der Waals surface area (Å²) in [5, 5.41) is 1.83. The number of hydrogen-bond donors (Lipinski definition) is 0. The minimum Gasteiger partial charge on any atom is -0.469 e. The molecule has 0 amide bonds. The molecule has 1 aliphatic rings. The standard InChI is InChI=1S/C17H20FN3O2/c1-23-16(22)5-7-20-8-10-21(11-9-20)17-15-12-14(18)3-2-13(15)4-6-19-17/h2-4,6,12H,5,7-11H2,1H3. The maximum absolute atomic E-state index is 13.6. The number of halogens is 1. The Balaban J connectivity index is 1.68. The first-order chi connectivity index (χ1) is 11.2. The predicted octanol–water partition coefficient (Wildman–Crippen LogP) is 2.06. The number of anilines is 1. The van der Waals surface area contributed by atoms with Gasteiger partial charge in [0.25, 0.3) is 0 Å². The average Bonchev–Trinajstić information content (AvgIpc) is 2.59. The van der Waals surface area contributed by atoms with Gasteiger partial charge in [0, 0.05) is 44.3 Å². The Labute approximate surface area is 134 Å². The van der Waals surface area contributed by atoms with Gasteiger partial charge in [-0.2, -0.15) is 0 Å². The number of aromatic nitrogens is 1. The number of esters is 1. The largest absolute Gasteiger partial charge is 0.469 e. The zero-order valence-corrected chi connectivity index (χ0v) is 13.2. The first kappa shape index (κ1) is 15.7. The number of carbonyl (C=O) groups excluding carboxylic acids is 1. The number of methoxy groups -OCH3 is 1. The number of rotatable bonds is 4. The number of piperazine rings is 1. The summed E-state index contributed by atoms with van der Waals surface area (Å²) in [5.41, 5.74) is 0. The molecule has 0 spiro atoms. The molecule has 1 aromatic heterocycles. The Hall–Kier alpha value is -2.21. The van der Waals surface area contributed by atoms with E-state index in [1.807, 2.05) is 6.07 Å². The molecule has 1 aliphatic heterocycles. The highest BCUT2D eigenvalue weighted by atomic mass is 19.1. The Bertz CT molecular complexity index is 699. The quantitative estimate of drug-likeness (QED) is 0.808. The minimum absolute atomic E-state index is 0.182. The molecule has 1 aromatic carbocycles. The molecule has 0 radical (unpaired) electrons. The predicted molar refractivity (Wildman–Crippen MR) is 87.0 cm³/mol. The number of pyridine rings is 1. The van der Waals surface area contributed by atoms with Crippen LogP contribution < -0.4 is 4.90 Å². The van der Waals surface area contributed by atoms with E-state index in [0.29, 0.717) is 13.0 Å². The van der Waals surface area contributed by atoms with Gasteiger partial charge in [0.1, 0.15) is 11.6 Å². The molecule has 1 saturated heterocycles. The molecular weight excluding hydrogens is 297 g/mol. The van der Waals surface area contributed by atoms with Crippen molar-refractivity contribution < 1.29 is 13.9 Å². The maximum atomic E-state index is 13.6. The summed E-state index contributed by atoms with van der Waals surface area (Å²) in [4.78, 5) is 20.1. The van der Waals surface area contributed by atoms with Crippen molar-refractivity contribution in [1.29, 1.82) is 0 Å². The van der Waals surface area contributed by atoms with E-state index in [4.69, 9.17) is 0 Å². The van der Waals surface area contributed by atoms with Gasteiger partial charge < -0.3 is 9.64 Å². The normalized spacial score (nSPS) is 15.8. The van der Waals surface area contributed by atoms with Crippen LogP contribution in [0.15, 0.2) is 30.5 Å². The minimum atomic E-state index is -0.247. The van der Waals surface area contributed by atoms with Crippen LogP contribution in [0, 0.1) is 5.82 Å². The number of ether oxygens (including phenoxy) is 1. The van der Waals surface area contributed by atoms with Crippen LogP contribution in [0.25, 0.3) is 10.8 Å². The lowest BCUT2D eigenvalue weighted by atomic mass is 10.1. The summed E-state index contributed by atoms with van der Waals surface area (Å²) in [6.07, 6.45) is 2.17. The Kier molecular flexibility index (Phi) is 4.71. The summed E-state index contributed by atoms with van der Waals surface area (Å²) in [5.74, 6) is 0.400. The lowest BCUT2D eigenvalue weighted by molar-refractivity contribution is -0.141. The zero-order valence-electron chi connectivity index (χ0n) is 13.2. The first-order valence-corrected chi connectivity index (χ1v) is 7.76. The molecule has 23 heavy (non-hydrogen) atoms. The topological polar surface area (TPSA) is 45.7 Å². The van der Waals surface area contributed by atoms with E-state index in [1.165, 1.54) is 13.2 Å². The Morgan fingerprint density at radius 3 is 2.78 bits per heavy atom. The fourth-order valence-electron chi connectivity index (χ4n) is 2.91. The van der Waals surface area contributed by atoms with Crippen molar-refractivity contribution in [2.45, 2.75) is 6.42 Å². The molecule has 0 aliphatic carbocycles. The van der Waals surface area contributed by atoms with Crippen LogP contribution in [0.1, 0.15) is 6.42 Å². The molecule has 2 aromatic rings. The molecule has 3 rings (SSSR count). The second-order valence-corrected chi connectivity index (χ2v) is 5.65. The van der Waals surface area contributed by atoms with Gasteiger partial charge in [-0.25, -0.2) is 9.37 Å². The van der Waals surface area contributed by atoms with Crippen LogP contribution in [0.3, 0.4) is 0 Å². The smallest absolute Gasteiger partial charge is 0.306 e. The lowest BCUT2D eigenvalue weighted by Crippen LogP contribution is -2.47. The monoisotopic (exact) mass is 317 g/mol. The van der Waals surface area contributed by atoms with E-state index >= 15 is 0 Å². The van der Waals surface area contributed by atoms with Crippen LogP contribution in [0.5, 0.6) is 0 Å². The summed E-state index contributed by atoms with van der Waals surface area (Å²) in [6.45, 7) is 4.03. The van der Waals surface area contributed by atoms with E-state index in [-0.39, 0.29) is 11.8 Å². The first-order valence-electron chi connectivity index (χ1n) is 7.76. The van der Waals surface area contributed by atoms with Gasteiger partial charge in [0.15, 0.2) is 0 Å². The van der Waals surface area contributed by atoms with Crippen molar-refractivity contribution in [3.63, 3.8) is 0 Å². The summed E-state index contributed by atoms with van der Waals surface area (Å²) >= 11 is 0. The number of carbonyl (C=O) groups is 1. The second kappa shape index (κ2) is 6.91. The van der Waals surface area contributed by atoms with Crippen LogP contribution in [-0.4, -0.2) is 55.7 Å². The third kappa shape index (κ3) is 3.59. The van der Waals surface area contributed by atoms with Crippen LogP contribution in [0.2, 0.25) is 0 Å². The van der Waals surface area contributed by atoms with Crippen LogP contribution >= 0.6 is 0 Å². The van der Waals surface area contributed by atoms with E-state index in [2.05, 4.69) is 19.5 Å². The van der Waals surface area contributed by atoms with Crippen LogP contribution in [-0.2, 0) is 9.53 Å². The molecule has 1 fully saturated rings. The van der Waals surface area contributed by atoms with Gasteiger partial charge in [-0.05, 0) is 23.6 Å². The van der Waals surface area contributed by atoms with Gasteiger partial charge in [-0.15, -0.1) is 0 Å². The highest BCUT2D eigenvalue weighted by Gasteiger charge is 2.20.